The van der Waals surface area contributed by atoms with E-state index in [0.717, 1.165) is 77.0 Å². The van der Waals surface area contributed by atoms with Crippen molar-refractivity contribution in [1.82, 2.24) is 5.32 Å². The number of esters is 1. The van der Waals surface area contributed by atoms with Crippen LogP contribution in [0.25, 0.3) is 0 Å². The van der Waals surface area contributed by atoms with Crippen LogP contribution in [0.15, 0.2) is 48.6 Å². The van der Waals surface area contributed by atoms with E-state index in [1.807, 2.05) is 6.08 Å². The molecule has 0 spiro atoms. The number of carbonyl (C=O) groups is 2. The van der Waals surface area contributed by atoms with Crippen molar-refractivity contribution < 1.29 is 24.5 Å². The van der Waals surface area contributed by atoms with Crippen LogP contribution in [0.2, 0.25) is 0 Å². The molecule has 0 bridgehead atoms. The molecule has 6 heteroatoms. The quantitative estimate of drug-likeness (QED) is 0.0244. The van der Waals surface area contributed by atoms with Crippen molar-refractivity contribution in [3.05, 3.63) is 48.6 Å². The fraction of sp³-hybridized carbons (Fsp3) is 0.848. The fourth-order valence-electron chi connectivity index (χ4n) is 9.68. The second kappa shape index (κ2) is 61.4. The first-order chi connectivity index (χ1) is 35.5. The molecule has 2 unspecified atom stereocenters. The Morgan fingerprint density at radius 1 is 0.389 bits per heavy atom. The molecule has 0 heterocycles. The summed E-state index contributed by atoms with van der Waals surface area (Å²) in [5, 5.41) is 23.2. The molecule has 2 atom stereocenters. The van der Waals surface area contributed by atoms with Gasteiger partial charge in [-0.25, -0.2) is 0 Å². The zero-order chi connectivity index (χ0) is 52.2. The highest BCUT2D eigenvalue weighted by molar-refractivity contribution is 5.76. The van der Waals surface area contributed by atoms with Crippen LogP contribution < -0.4 is 5.32 Å². The molecule has 0 saturated heterocycles. The van der Waals surface area contributed by atoms with Crippen molar-refractivity contribution >= 4 is 11.9 Å². The zero-order valence-electron chi connectivity index (χ0n) is 48.2. The summed E-state index contributed by atoms with van der Waals surface area (Å²) < 4.78 is 5.46. The SMILES string of the molecule is CCCCCCCCC/C=C\CCCCCCCCCC(=O)OCCCCC/C=C\C=C/CCCCCCCCC(=O)NC(CO)C(O)/C=C/CCCCCCCCCCCCCCCCCCCCCC. The van der Waals surface area contributed by atoms with Crippen molar-refractivity contribution in [1.29, 1.82) is 0 Å². The predicted molar refractivity (Wildman–Crippen MR) is 315 cm³/mol. The van der Waals surface area contributed by atoms with E-state index < -0.39 is 12.1 Å². The van der Waals surface area contributed by atoms with E-state index in [2.05, 4.69) is 55.6 Å². The van der Waals surface area contributed by atoms with Crippen LogP contribution >= 0.6 is 0 Å². The largest absolute Gasteiger partial charge is 0.466 e. The molecular formula is C66H123NO5. The maximum atomic E-state index is 12.5. The predicted octanol–water partition coefficient (Wildman–Crippen LogP) is 20.1. The van der Waals surface area contributed by atoms with E-state index in [1.165, 1.54) is 231 Å². The number of ether oxygens (including phenoxy) is 1. The minimum absolute atomic E-state index is 0.0255. The van der Waals surface area contributed by atoms with Gasteiger partial charge in [-0.2, -0.15) is 0 Å². The molecule has 0 rings (SSSR count). The summed E-state index contributed by atoms with van der Waals surface area (Å²) in [5.41, 5.74) is 0. The number of amides is 1. The Labute approximate surface area is 448 Å². The van der Waals surface area contributed by atoms with Gasteiger partial charge >= 0.3 is 5.97 Å². The lowest BCUT2D eigenvalue weighted by molar-refractivity contribution is -0.143. The van der Waals surface area contributed by atoms with E-state index in [0.29, 0.717) is 19.4 Å². The van der Waals surface area contributed by atoms with Gasteiger partial charge in [0.1, 0.15) is 0 Å². The first-order valence-corrected chi connectivity index (χ1v) is 31.9. The third-order valence-electron chi connectivity index (χ3n) is 14.6. The molecule has 0 aliphatic rings. The minimum Gasteiger partial charge on any atom is -0.466 e. The van der Waals surface area contributed by atoms with Crippen LogP contribution in [-0.4, -0.2) is 47.4 Å². The monoisotopic (exact) mass is 1010 g/mol. The summed E-state index contributed by atoms with van der Waals surface area (Å²) in [6.07, 6.45) is 78.7. The number of carbonyl (C=O) groups excluding carboxylic acids is 2. The van der Waals surface area contributed by atoms with Crippen LogP contribution in [-0.2, 0) is 14.3 Å². The molecule has 0 saturated carbocycles. The van der Waals surface area contributed by atoms with Gasteiger partial charge in [0.25, 0.3) is 0 Å². The van der Waals surface area contributed by atoms with E-state index in [9.17, 15) is 19.8 Å². The number of unbranched alkanes of at least 4 members (excludes halogenated alkanes) is 43. The highest BCUT2D eigenvalue weighted by atomic mass is 16.5. The topological polar surface area (TPSA) is 95.9 Å². The first-order valence-electron chi connectivity index (χ1n) is 31.9. The Morgan fingerprint density at radius 2 is 0.694 bits per heavy atom. The van der Waals surface area contributed by atoms with Gasteiger partial charge in [0.05, 0.1) is 25.4 Å². The molecule has 422 valence electrons. The maximum absolute atomic E-state index is 12.5. The van der Waals surface area contributed by atoms with Crippen molar-refractivity contribution in [2.45, 2.75) is 347 Å². The van der Waals surface area contributed by atoms with E-state index >= 15 is 0 Å². The Hall–Kier alpha value is -2.18. The molecule has 0 aliphatic heterocycles. The lowest BCUT2D eigenvalue weighted by Crippen LogP contribution is -2.45. The molecule has 0 aromatic rings. The standard InChI is InChI=1S/C66H123NO5/c1-3-5-7-9-11-13-15-17-19-21-23-24-25-26-27-30-34-38-42-46-50-54-58-64(69)63(62-68)67-65(70)59-55-51-47-43-39-35-31-29-33-37-41-45-49-53-57-61-72-66(71)60-56-52-48-44-40-36-32-28-22-20-18-16-14-12-10-8-6-4-2/h20,22,29,33,37,41,54,58,63-64,68-69H,3-19,21,23-28,30-32,34-36,38-40,42-53,55-57,59-62H2,1-2H3,(H,67,70)/b22-20-,33-29-,41-37-,58-54+. The molecule has 0 aromatic heterocycles. The number of aliphatic hydroxyl groups excluding tert-OH is 2. The summed E-state index contributed by atoms with van der Waals surface area (Å²) in [6.45, 7) is 4.86. The Morgan fingerprint density at radius 3 is 1.07 bits per heavy atom. The van der Waals surface area contributed by atoms with Crippen LogP contribution in [0.3, 0.4) is 0 Å². The maximum Gasteiger partial charge on any atom is 0.305 e. The van der Waals surface area contributed by atoms with Gasteiger partial charge in [-0.15, -0.1) is 0 Å². The highest BCUT2D eigenvalue weighted by Gasteiger charge is 2.18. The van der Waals surface area contributed by atoms with E-state index in [1.54, 1.807) is 6.08 Å². The number of nitrogens with one attached hydrogen (secondary N) is 1. The Kier molecular flexibility index (Phi) is 59.5. The van der Waals surface area contributed by atoms with Crippen molar-refractivity contribution in [3.63, 3.8) is 0 Å². The zero-order valence-corrected chi connectivity index (χ0v) is 48.2. The second-order valence-electron chi connectivity index (χ2n) is 21.8. The summed E-state index contributed by atoms with van der Waals surface area (Å²) >= 11 is 0. The van der Waals surface area contributed by atoms with Crippen molar-refractivity contribution in [2.75, 3.05) is 13.2 Å². The number of aliphatic hydroxyl groups is 2. The van der Waals surface area contributed by atoms with Gasteiger partial charge in [0.15, 0.2) is 0 Å². The van der Waals surface area contributed by atoms with Crippen LogP contribution in [0.4, 0.5) is 0 Å². The first kappa shape index (κ1) is 69.8. The van der Waals surface area contributed by atoms with E-state index in [4.69, 9.17) is 4.74 Å². The Balaban J connectivity index is 3.53. The van der Waals surface area contributed by atoms with Crippen LogP contribution in [0.5, 0.6) is 0 Å². The third-order valence-corrected chi connectivity index (χ3v) is 14.6. The number of hydrogen-bond donors (Lipinski definition) is 3. The van der Waals surface area contributed by atoms with Gasteiger partial charge in [-0.3, -0.25) is 9.59 Å². The number of rotatable bonds is 59. The molecule has 0 radical (unpaired) electrons. The molecular weight excluding hydrogens is 887 g/mol. The van der Waals surface area contributed by atoms with Crippen molar-refractivity contribution in [2.24, 2.45) is 0 Å². The lowest BCUT2D eigenvalue weighted by Gasteiger charge is -2.20. The van der Waals surface area contributed by atoms with Crippen LogP contribution in [0, 0.1) is 0 Å². The van der Waals surface area contributed by atoms with Gasteiger partial charge in [-0.05, 0) is 89.9 Å². The third kappa shape index (κ3) is 57.1. The average molecular weight is 1010 g/mol. The number of hydrogen-bond acceptors (Lipinski definition) is 5. The molecule has 0 aliphatic carbocycles. The van der Waals surface area contributed by atoms with Crippen LogP contribution in [0.1, 0.15) is 335 Å². The normalized spacial score (nSPS) is 12.9. The van der Waals surface area contributed by atoms with E-state index in [-0.39, 0.29) is 18.5 Å². The highest BCUT2D eigenvalue weighted by Crippen LogP contribution is 2.17. The van der Waals surface area contributed by atoms with Crippen molar-refractivity contribution in [3.8, 4) is 0 Å². The Bertz CT molecular complexity index is 1210. The van der Waals surface area contributed by atoms with Gasteiger partial charge < -0.3 is 20.3 Å². The fourth-order valence-corrected chi connectivity index (χ4v) is 9.68. The smallest absolute Gasteiger partial charge is 0.305 e. The van der Waals surface area contributed by atoms with Gasteiger partial charge in [0.2, 0.25) is 5.91 Å². The molecule has 3 N–H and O–H groups in total. The lowest BCUT2D eigenvalue weighted by atomic mass is 10.0. The molecule has 0 fully saturated rings. The second-order valence-corrected chi connectivity index (χ2v) is 21.8. The molecule has 1 amide bonds. The molecule has 72 heavy (non-hydrogen) atoms. The molecule has 0 aromatic carbocycles. The number of allylic oxidation sites excluding steroid dienone is 7. The summed E-state index contributed by atoms with van der Waals surface area (Å²) in [4.78, 5) is 24.6. The summed E-state index contributed by atoms with van der Waals surface area (Å²) in [7, 11) is 0. The molecule has 6 nitrogen and oxygen atoms in total. The summed E-state index contributed by atoms with van der Waals surface area (Å²) in [5.74, 6) is -0.114. The minimum atomic E-state index is -0.861. The summed E-state index contributed by atoms with van der Waals surface area (Å²) in [6, 6.07) is -0.647. The van der Waals surface area contributed by atoms with Gasteiger partial charge in [0, 0.05) is 12.8 Å². The average Bonchev–Trinajstić information content (AvgIpc) is 3.38. The van der Waals surface area contributed by atoms with Gasteiger partial charge in [-0.1, -0.05) is 281 Å².